The number of ether oxygens (including phenoxy) is 1. The van der Waals surface area contributed by atoms with Gasteiger partial charge in [-0.15, -0.1) is 0 Å². The number of methoxy groups -OCH3 is 1. The highest BCUT2D eigenvalue weighted by Gasteiger charge is 2.10. The molecule has 0 radical (unpaired) electrons. The van der Waals surface area contributed by atoms with E-state index in [-0.39, 0.29) is 0 Å². The van der Waals surface area contributed by atoms with Crippen molar-refractivity contribution < 1.29 is 4.74 Å². The summed E-state index contributed by atoms with van der Waals surface area (Å²) in [5.74, 6) is 0.836. The van der Waals surface area contributed by atoms with Crippen molar-refractivity contribution in [1.29, 1.82) is 0 Å². The van der Waals surface area contributed by atoms with Crippen molar-refractivity contribution in [1.82, 2.24) is 4.98 Å². The number of nitrogens with zero attached hydrogens (tertiary/aromatic N) is 1. The predicted octanol–water partition coefficient (Wildman–Crippen LogP) is 4.67. The molecule has 0 fully saturated rings. The molecule has 0 saturated heterocycles. The Morgan fingerprint density at radius 2 is 1.74 bits per heavy atom. The second-order valence-corrected chi connectivity index (χ2v) is 5.16. The molecular weight excluding hydrogens is 258 g/mol. The third-order valence-electron chi connectivity index (χ3n) is 3.38. The summed E-state index contributed by atoms with van der Waals surface area (Å²) >= 11 is 6.51. The van der Waals surface area contributed by atoms with Gasteiger partial charge in [0.2, 0.25) is 0 Å². The van der Waals surface area contributed by atoms with Crippen molar-refractivity contribution >= 4 is 33.4 Å². The van der Waals surface area contributed by atoms with Crippen LogP contribution in [0.2, 0.25) is 5.02 Å². The number of hydrogen-bond donors (Lipinski definition) is 0. The van der Waals surface area contributed by atoms with Gasteiger partial charge in [-0.25, -0.2) is 4.98 Å². The van der Waals surface area contributed by atoms with E-state index >= 15 is 0 Å². The van der Waals surface area contributed by atoms with Gasteiger partial charge in [-0.2, -0.15) is 0 Å². The van der Waals surface area contributed by atoms with Gasteiger partial charge >= 0.3 is 0 Å². The Balaban J connectivity index is 2.46. The summed E-state index contributed by atoms with van der Waals surface area (Å²) < 4.78 is 5.35. The maximum Gasteiger partial charge on any atom is 0.122 e. The van der Waals surface area contributed by atoms with E-state index in [4.69, 9.17) is 21.3 Å². The minimum atomic E-state index is 0.735. The van der Waals surface area contributed by atoms with E-state index in [9.17, 15) is 0 Å². The third-order valence-corrected chi connectivity index (χ3v) is 3.79. The van der Waals surface area contributed by atoms with Crippen LogP contribution in [0.1, 0.15) is 11.1 Å². The number of hydrogen-bond acceptors (Lipinski definition) is 2. The first kappa shape index (κ1) is 12.2. The van der Waals surface area contributed by atoms with E-state index in [1.54, 1.807) is 7.11 Å². The summed E-state index contributed by atoms with van der Waals surface area (Å²) in [6, 6.07) is 10.1. The van der Waals surface area contributed by atoms with Crippen LogP contribution in [0.25, 0.3) is 21.8 Å². The van der Waals surface area contributed by atoms with E-state index in [1.807, 2.05) is 31.2 Å². The fourth-order valence-corrected chi connectivity index (χ4v) is 2.67. The zero-order chi connectivity index (χ0) is 13.6. The Morgan fingerprint density at radius 3 is 2.47 bits per heavy atom. The molecule has 1 aromatic heterocycles. The number of fused-ring (bicyclic) bond motifs is 2. The Hall–Kier alpha value is -1.80. The Kier molecular flexibility index (Phi) is 2.83. The summed E-state index contributed by atoms with van der Waals surface area (Å²) in [7, 11) is 1.67. The fraction of sp³-hybridized carbons (Fsp3) is 0.188. The molecule has 0 N–H and O–H groups in total. The first-order valence-corrected chi connectivity index (χ1v) is 6.52. The molecule has 19 heavy (non-hydrogen) atoms. The van der Waals surface area contributed by atoms with Gasteiger partial charge in [-0.05, 0) is 43.2 Å². The Morgan fingerprint density at radius 1 is 1.00 bits per heavy atom. The minimum absolute atomic E-state index is 0.735. The molecule has 0 aliphatic heterocycles. The van der Waals surface area contributed by atoms with Crippen LogP contribution in [0.5, 0.6) is 5.75 Å². The van der Waals surface area contributed by atoms with Gasteiger partial charge in [0.05, 0.1) is 23.2 Å². The summed E-state index contributed by atoms with van der Waals surface area (Å²) in [5.41, 5.74) is 4.08. The number of pyridine rings is 1. The number of aryl methyl sites for hydroxylation is 2. The van der Waals surface area contributed by atoms with Gasteiger partial charge < -0.3 is 4.74 Å². The summed E-state index contributed by atoms with van der Waals surface area (Å²) in [6.45, 7) is 4.06. The predicted molar refractivity (Wildman–Crippen MR) is 80.3 cm³/mol. The Bertz CT molecular complexity index is 796. The van der Waals surface area contributed by atoms with Crippen LogP contribution in [0.15, 0.2) is 30.3 Å². The average molecular weight is 272 g/mol. The SMILES string of the molecule is COc1cc2c(Cl)c3ccc(C)cc3nc2cc1C. The van der Waals surface area contributed by atoms with Crippen molar-refractivity contribution in [2.45, 2.75) is 13.8 Å². The lowest BCUT2D eigenvalue weighted by molar-refractivity contribution is 0.412. The molecule has 2 aromatic carbocycles. The molecule has 0 atom stereocenters. The zero-order valence-electron chi connectivity index (χ0n) is 11.1. The monoisotopic (exact) mass is 271 g/mol. The molecule has 0 aliphatic rings. The molecule has 0 bridgehead atoms. The normalized spacial score (nSPS) is 11.2. The minimum Gasteiger partial charge on any atom is -0.496 e. The third kappa shape index (κ3) is 1.92. The molecule has 1 heterocycles. The molecule has 0 saturated carbocycles. The largest absolute Gasteiger partial charge is 0.496 e. The maximum atomic E-state index is 6.51. The molecule has 0 amide bonds. The van der Waals surface area contributed by atoms with Crippen molar-refractivity contribution in [2.24, 2.45) is 0 Å². The highest BCUT2D eigenvalue weighted by molar-refractivity contribution is 6.40. The molecule has 96 valence electrons. The van der Waals surface area contributed by atoms with Crippen molar-refractivity contribution in [3.05, 3.63) is 46.5 Å². The van der Waals surface area contributed by atoms with E-state index in [0.29, 0.717) is 0 Å². The smallest absolute Gasteiger partial charge is 0.122 e. The molecule has 3 heteroatoms. The highest BCUT2D eigenvalue weighted by Crippen LogP contribution is 2.34. The van der Waals surface area contributed by atoms with E-state index in [2.05, 4.69) is 13.0 Å². The standard InChI is InChI=1S/C16H14ClNO/c1-9-4-5-11-13(6-9)18-14-7-10(2)15(19-3)8-12(14)16(11)17/h4-8H,1-3H3. The van der Waals surface area contributed by atoms with Crippen LogP contribution < -0.4 is 4.74 Å². The first-order chi connectivity index (χ1) is 9.10. The van der Waals surface area contributed by atoms with Crippen molar-refractivity contribution in [2.75, 3.05) is 7.11 Å². The first-order valence-electron chi connectivity index (χ1n) is 6.14. The molecule has 0 unspecified atom stereocenters. The molecular formula is C16H14ClNO. The summed E-state index contributed by atoms with van der Waals surface area (Å²) in [4.78, 5) is 4.70. The van der Waals surface area contributed by atoms with Gasteiger partial charge in [0, 0.05) is 10.8 Å². The van der Waals surface area contributed by atoms with Crippen LogP contribution in [0.4, 0.5) is 0 Å². The van der Waals surface area contributed by atoms with Crippen LogP contribution in [-0.2, 0) is 0 Å². The van der Waals surface area contributed by atoms with Crippen molar-refractivity contribution in [3.63, 3.8) is 0 Å². The van der Waals surface area contributed by atoms with Crippen LogP contribution in [0.3, 0.4) is 0 Å². The zero-order valence-corrected chi connectivity index (χ0v) is 11.9. The molecule has 3 aromatic rings. The van der Waals surface area contributed by atoms with Crippen LogP contribution in [0, 0.1) is 13.8 Å². The topological polar surface area (TPSA) is 22.1 Å². The van der Waals surface area contributed by atoms with Gasteiger partial charge in [0.1, 0.15) is 5.75 Å². The highest BCUT2D eigenvalue weighted by atomic mass is 35.5. The van der Waals surface area contributed by atoms with Crippen LogP contribution >= 0.6 is 11.6 Å². The van der Waals surface area contributed by atoms with E-state index in [0.717, 1.165) is 38.1 Å². The number of benzene rings is 2. The maximum absolute atomic E-state index is 6.51. The van der Waals surface area contributed by atoms with E-state index in [1.165, 1.54) is 5.56 Å². The summed E-state index contributed by atoms with van der Waals surface area (Å²) in [5, 5.41) is 2.64. The van der Waals surface area contributed by atoms with Gasteiger partial charge in [0.15, 0.2) is 0 Å². The molecule has 2 nitrogen and oxygen atoms in total. The van der Waals surface area contributed by atoms with E-state index < -0.39 is 0 Å². The quantitative estimate of drug-likeness (QED) is 0.600. The molecule has 3 rings (SSSR count). The second-order valence-electron chi connectivity index (χ2n) is 4.79. The lowest BCUT2D eigenvalue weighted by Gasteiger charge is -2.10. The van der Waals surface area contributed by atoms with Gasteiger partial charge in [-0.1, -0.05) is 23.7 Å². The lowest BCUT2D eigenvalue weighted by Crippen LogP contribution is -1.91. The number of rotatable bonds is 1. The second kappa shape index (κ2) is 4.39. The molecule has 0 aliphatic carbocycles. The number of aromatic nitrogens is 1. The fourth-order valence-electron chi connectivity index (χ4n) is 2.36. The van der Waals surface area contributed by atoms with Gasteiger partial charge in [-0.3, -0.25) is 0 Å². The summed E-state index contributed by atoms with van der Waals surface area (Å²) in [6.07, 6.45) is 0. The Labute approximate surface area is 117 Å². The number of halogens is 1. The lowest BCUT2D eigenvalue weighted by atomic mass is 10.1. The van der Waals surface area contributed by atoms with Crippen molar-refractivity contribution in [3.8, 4) is 5.75 Å². The van der Waals surface area contributed by atoms with Gasteiger partial charge in [0.25, 0.3) is 0 Å². The molecule has 0 spiro atoms. The van der Waals surface area contributed by atoms with Crippen LogP contribution in [-0.4, -0.2) is 12.1 Å². The average Bonchev–Trinajstić information content (AvgIpc) is 2.38.